The molecule has 1 heterocycles. The maximum atomic E-state index is 4.38. The van der Waals surface area contributed by atoms with E-state index in [0.717, 1.165) is 5.56 Å². The average molecular weight is 482 g/mol. The van der Waals surface area contributed by atoms with Gasteiger partial charge in [-0.25, -0.2) is 0 Å². The Hall–Kier alpha value is -5.01. The predicted octanol–water partition coefficient (Wildman–Crippen LogP) is 10.2. The molecule has 0 aliphatic carbocycles. The highest BCUT2D eigenvalue weighted by Crippen LogP contribution is 2.45. The Balaban J connectivity index is 1.64. The van der Waals surface area contributed by atoms with E-state index in [1.807, 2.05) is 18.5 Å². The van der Waals surface area contributed by atoms with Crippen LogP contribution in [0.25, 0.3) is 76.1 Å². The van der Waals surface area contributed by atoms with Crippen LogP contribution in [-0.4, -0.2) is 4.98 Å². The summed E-state index contributed by atoms with van der Waals surface area (Å²) in [6.07, 6.45) is 3.78. The molecule has 0 radical (unpaired) electrons. The van der Waals surface area contributed by atoms with Crippen molar-refractivity contribution < 1.29 is 0 Å². The molecule has 8 rings (SSSR count). The third kappa shape index (κ3) is 3.09. The smallest absolute Gasteiger partial charge is 0.0346 e. The largest absolute Gasteiger partial charge is 0.264 e. The van der Waals surface area contributed by atoms with Crippen molar-refractivity contribution in [2.45, 2.75) is 0 Å². The van der Waals surface area contributed by atoms with Crippen LogP contribution in [0.4, 0.5) is 0 Å². The van der Waals surface area contributed by atoms with E-state index in [1.54, 1.807) is 0 Å². The minimum atomic E-state index is 1.13. The fourth-order valence-electron chi connectivity index (χ4n) is 6.20. The van der Waals surface area contributed by atoms with Gasteiger partial charge in [-0.1, -0.05) is 109 Å². The minimum absolute atomic E-state index is 1.13. The van der Waals surface area contributed by atoms with Gasteiger partial charge >= 0.3 is 0 Å². The van der Waals surface area contributed by atoms with Crippen LogP contribution in [0.3, 0.4) is 0 Å². The van der Waals surface area contributed by atoms with Crippen LogP contribution in [0.1, 0.15) is 0 Å². The van der Waals surface area contributed by atoms with E-state index in [4.69, 9.17) is 0 Å². The van der Waals surface area contributed by atoms with Crippen LogP contribution < -0.4 is 0 Å². The number of nitrogens with zero attached hydrogens (tertiary/aromatic N) is 1. The van der Waals surface area contributed by atoms with Gasteiger partial charge in [0.1, 0.15) is 0 Å². The van der Waals surface area contributed by atoms with E-state index in [0.29, 0.717) is 0 Å². The molecular formula is C37H23N. The average Bonchev–Trinajstić information content (AvgIpc) is 3.01. The summed E-state index contributed by atoms with van der Waals surface area (Å²) >= 11 is 0. The van der Waals surface area contributed by atoms with Gasteiger partial charge in [-0.05, 0) is 88.8 Å². The van der Waals surface area contributed by atoms with Crippen molar-refractivity contribution in [3.05, 3.63) is 140 Å². The maximum absolute atomic E-state index is 4.38. The lowest BCUT2D eigenvalue weighted by Crippen LogP contribution is -1.90. The molecule has 0 saturated heterocycles. The first-order valence-corrected chi connectivity index (χ1v) is 13.1. The van der Waals surface area contributed by atoms with Crippen molar-refractivity contribution in [3.8, 4) is 22.3 Å². The Morgan fingerprint density at radius 2 is 0.789 bits per heavy atom. The Morgan fingerprint density at radius 1 is 0.316 bits per heavy atom. The summed E-state index contributed by atoms with van der Waals surface area (Å²) in [4.78, 5) is 4.38. The standard InChI is InChI=1S/C37H23N/c1-2-9-24(10-3-1)25-16-18-30-31-19-17-26(27-11-8-20-38-23-27)22-35(31)37-33-15-7-5-13-29(33)28-12-4-6-14-32(28)36(37)34(30)21-25/h1-23H. The molecule has 0 N–H and O–H groups in total. The molecule has 176 valence electrons. The van der Waals surface area contributed by atoms with E-state index < -0.39 is 0 Å². The van der Waals surface area contributed by atoms with Crippen LogP contribution in [0, 0.1) is 0 Å². The van der Waals surface area contributed by atoms with Crippen molar-refractivity contribution in [1.82, 2.24) is 4.98 Å². The summed E-state index contributed by atoms with van der Waals surface area (Å²) in [5, 5.41) is 13.0. The molecular weight excluding hydrogens is 458 g/mol. The molecule has 0 aliphatic heterocycles. The fraction of sp³-hybridized carbons (Fsp3) is 0. The Labute approximate surface area is 220 Å². The topological polar surface area (TPSA) is 12.9 Å². The summed E-state index contributed by atoms with van der Waals surface area (Å²) in [5.74, 6) is 0. The molecule has 38 heavy (non-hydrogen) atoms. The molecule has 0 bridgehead atoms. The second-order valence-corrected chi connectivity index (χ2v) is 9.97. The summed E-state index contributed by atoms with van der Waals surface area (Å²) in [7, 11) is 0. The second kappa shape index (κ2) is 8.26. The number of fused-ring (bicyclic) bond motifs is 11. The van der Waals surface area contributed by atoms with Crippen molar-refractivity contribution in [1.29, 1.82) is 0 Å². The lowest BCUT2D eigenvalue weighted by Gasteiger charge is -2.18. The summed E-state index contributed by atoms with van der Waals surface area (Å²) in [5.41, 5.74) is 4.79. The predicted molar refractivity (Wildman–Crippen MR) is 163 cm³/mol. The zero-order chi connectivity index (χ0) is 25.1. The van der Waals surface area contributed by atoms with Gasteiger partial charge in [-0.2, -0.15) is 0 Å². The number of aromatic nitrogens is 1. The highest BCUT2D eigenvalue weighted by Gasteiger charge is 2.17. The van der Waals surface area contributed by atoms with E-state index in [2.05, 4.69) is 126 Å². The molecule has 7 aromatic carbocycles. The zero-order valence-electron chi connectivity index (χ0n) is 20.7. The molecule has 0 atom stereocenters. The minimum Gasteiger partial charge on any atom is -0.264 e. The van der Waals surface area contributed by atoms with Gasteiger partial charge in [0, 0.05) is 18.0 Å². The van der Waals surface area contributed by atoms with Crippen LogP contribution >= 0.6 is 0 Å². The molecule has 0 aliphatic rings. The number of hydrogen-bond donors (Lipinski definition) is 0. The number of pyridine rings is 1. The summed E-state index contributed by atoms with van der Waals surface area (Å²) in [6, 6.07) is 46.4. The van der Waals surface area contributed by atoms with E-state index in [1.165, 1.54) is 70.6 Å². The third-order valence-electron chi connectivity index (χ3n) is 7.90. The van der Waals surface area contributed by atoms with Gasteiger partial charge in [-0.15, -0.1) is 0 Å². The summed E-state index contributed by atoms with van der Waals surface area (Å²) in [6.45, 7) is 0. The lowest BCUT2D eigenvalue weighted by molar-refractivity contribution is 1.33. The summed E-state index contributed by atoms with van der Waals surface area (Å²) < 4.78 is 0. The van der Waals surface area contributed by atoms with Gasteiger partial charge in [0.2, 0.25) is 0 Å². The van der Waals surface area contributed by atoms with Gasteiger partial charge in [0.05, 0.1) is 0 Å². The second-order valence-electron chi connectivity index (χ2n) is 9.97. The fourth-order valence-corrected chi connectivity index (χ4v) is 6.20. The van der Waals surface area contributed by atoms with Crippen molar-refractivity contribution in [2.75, 3.05) is 0 Å². The number of rotatable bonds is 2. The molecule has 1 heteroatoms. The SMILES string of the molecule is c1ccc(-c2ccc3c4ccc(-c5cccnc5)cc4c4c5ccccc5c5ccccc5c4c3c2)cc1. The third-order valence-corrected chi connectivity index (χ3v) is 7.90. The van der Waals surface area contributed by atoms with Gasteiger partial charge in [0.15, 0.2) is 0 Å². The first-order valence-electron chi connectivity index (χ1n) is 13.1. The van der Waals surface area contributed by atoms with Crippen LogP contribution in [0.2, 0.25) is 0 Å². The normalized spacial score (nSPS) is 11.7. The van der Waals surface area contributed by atoms with Gasteiger partial charge in [0.25, 0.3) is 0 Å². The monoisotopic (exact) mass is 481 g/mol. The molecule has 8 aromatic rings. The molecule has 0 fully saturated rings. The maximum Gasteiger partial charge on any atom is 0.0346 e. The molecule has 1 nitrogen and oxygen atoms in total. The zero-order valence-corrected chi connectivity index (χ0v) is 20.7. The molecule has 0 saturated carbocycles. The van der Waals surface area contributed by atoms with E-state index in [-0.39, 0.29) is 0 Å². The Bertz CT molecular complexity index is 2000. The van der Waals surface area contributed by atoms with E-state index in [9.17, 15) is 0 Å². The molecule has 0 spiro atoms. The number of hydrogen-bond acceptors (Lipinski definition) is 1. The van der Waals surface area contributed by atoms with Gasteiger partial charge < -0.3 is 0 Å². The van der Waals surface area contributed by atoms with E-state index >= 15 is 0 Å². The van der Waals surface area contributed by atoms with Crippen LogP contribution in [-0.2, 0) is 0 Å². The first kappa shape index (κ1) is 21.1. The van der Waals surface area contributed by atoms with Crippen LogP contribution in [0.5, 0.6) is 0 Å². The van der Waals surface area contributed by atoms with Crippen molar-refractivity contribution in [2.24, 2.45) is 0 Å². The molecule has 0 amide bonds. The first-order chi connectivity index (χ1) is 18.9. The molecule has 1 aromatic heterocycles. The van der Waals surface area contributed by atoms with Crippen molar-refractivity contribution >= 4 is 53.9 Å². The van der Waals surface area contributed by atoms with Crippen molar-refractivity contribution in [3.63, 3.8) is 0 Å². The highest BCUT2D eigenvalue weighted by molar-refractivity contribution is 6.39. The lowest BCUT2D eigenvalue weighted by atomic mass is 9.85. The number of benzene rings is 7. The molecule has 0 unspecified atom stereocenters. The Morgan fingerprint density at radius 3 is 1.34 bits per heavy atom. The highest BCUT2D eigenvalue weighted by atomic mass is 14.6. The van der Waals surface area contributed by atoms with Crippen LogP contribution in [0.15, 0.2) is 140 Å². The quantitative estimate of drug-likeness (QED) is 0.224. The Kier molecular flexibility index (Phi) is 4.59. The van der Waals surface area contributed by atoms with Gasteiger partial charge in [-0.3, -0.25) is 4.98 Å².